The van der Waals surface area contributed by atoms with Gasteiger partial charge in [-0.3, -0.25) is 9.59 Å². The van der Waals surface area contributed by atoms with Crippen LogP contribution in [-0.2, 0) is 16.0 Å². The predicted molar refractivity (Wildman–Crippen MR) is 66.4 cm³/mol. The number of aliphatic hydroxyl groups excluding tert-OH is 1. The minimum Gasteiger partial charge on any atom is -0.508 e. The molecule has 7 heteroatoms. The van der Waals surface area contributed by atoms with Crippen LogP contribution in [0.1, 0.15) is 5.56 Å². The number of carbonyl (C=O) groups excluding carboxylic acids is 1. The van der Waals surface area contributed by atoms with Crippen molar-refractivity contribution in [3.05, 3.63) is 29.8 Å². The maximum Gasteiger partial charge on any atom is 0.322 e. The van der Waals surface area contributed by atoms with Crippen LogP contribution in [0.15, 0.2) is 24.3 Å². The summed E-state index contributed by atoms with van der Waals surface area (Å²) < 4.78 is 0. The van der Waals surface area contributed by atoms with Crippen molar-refractivity contribution in [2.24, 2.45) is 5.73 Å². The SMILES string of the molecule is NC(CNC(=O)C(O)Cc1ccc(O)cc1)C(=O)O. The van der Waals surface area contributed by atoms with E-state index in [0.717, 1.165) is 0 Å². The molecule has 1 rings (SSSR count). The Morgan fingerprint density at radius 2 is 1.84 bits per heavy atom. The van der Waals surface area contributed by atoms with E-state index in [0.29, 0.717) is 5.56 Å². The summed E-state index contributed by atoms with van der Waals surface area (Å²) in [6, 6.07) is 4.84. The average Bonchev–Trinajstić information content (AvgIpc) is 2.37. The standard InChI is InChI=1S/C12H16N2O5/c13-9(12(18)19)6-14-11(17)10(16)5-7-1-3-8(15)4-2-7/h1-4,9-10,15-16H,5-6,13H2,(H,14,17)(H,18,19). The van der Waals surface area contributed by atoms with Crippen LogP contribution in [0.2, 0.25) is 0 Å². The number of phenolic OH excluding ortho intramolecular Hbond substituents is 1. The van der Waals surface area contributed by atoms with E-state index in [-0.39, 0.29) is 18.7 Å². The van der Waals surface area contributed by atoms with E-state index in [9.17, 15) is 14.7 Å². The minimum absolute atomic E-state index is 0.0639. The highest BCUT2D eigenvalue weighted by Crippen LogP contribution is 2.11. The Bertz CT molecular complexity index is 446. The summed E-state index contributed by atoms with van der Waals surface area (Å²) in [6.07, 6.45) is -1.24. The van der Waals surface area contributed by atoms with Gasteiger partial charge in [-0.05, 0) is 17.7 Å². The van der Waals surface area contributed by atoms with Gasteiger partial charge in [-0.1, -0.05) is 12.1 Å². The number of hydrogen-bond acceptors (Lipinski definition) is 5. The largest absolute Gasteiger partial charge is 0.508 e. The van der Waals surface area contributed by atoms with E-state index in [4.69, 9.17) is 15.9 Å². The Labute approximate surface area is 109 Å². The van der Waals surface area contributed by atoms with Crippen molar-refractivity contribution >= 4 is 11.9 Å². The van der Waals surface area contributed by atoms with Crippen LogP contribution in [0.5, 0.6) is 5.75 Å². The van der Waals surface area contributed by atoms with Gasteiger partial charge in [0.2, 0.25) is 5.91 Å². The number of benzene rings is 1. The number of hydrogen-bond donors (Lipinski definition) is 5. The van der Waals surface area contributed by atoms with E-state index in [1.165, 1.54) is 12.1 Å². The predicted octanol–water partition coefficient (Wildman–Crippen LogP) is -1.18. The number of aliphatic carboxylic acids is 1. The van der Waals surface area contributed by atoms with Crippen LogP contribution in [0.25, 0.3) is 0 Å². The summed E-state index contributed by atoms with van der Waals surface area (Å²) >= 11 is 0. The van der Waals surface area contributed by atoms with Crippen LogP contribution in [0.4, 0.5) is 0 Å². The Morgan fingerprint density at radius 1 is 1.26 bits per heavy atom. The van der Waals surface area contributed by atoms with Crippen molar-refractivity contribution in [3.63, 3.8) is 0 Å². The number of rotatable bonds is 6. The fourth-order valence-electron chi connectivity index (χ4n) is 1.36. The van der Waals surface area contributed by atoms with Crippen LogP contribution in [0.3, 0.4) is 0 Å². The molecule has 7 nitrogen and oxygen atoms in total. The number of phenols is 1. The Morgan fingerprint density at radius 3 is 2.37 bits per heavy atom. The average molecular weight is 268 g/mol. The molecule has 0 aliphatic carbocycles. The van der Waals surface area contributed by atoms with Crippen molar-refractivity contribution < 1.29 is 24.9 Å². The Kier molecular flexibility index (Phi) is 5.28. The van der Waals surface area contributed by atoms with Crippen LogP contribution >= 0.6 is 0 Å². The van der Waals surface area contributed by atoms with Crippen molar-refractivity contribution in [2.45, 2.75) is 18.6 Å². The van der Waals surface area contributed by atoms with Gasteiger partial charge < -0.3 is 26.4 Å². The molecule has 0 saturated carbocycles. The number of carboxylic acids is 1. The third kappa shape index (κ3) is 4.94. The molecule has 0 saturated heterocycles. The van der Waals surface area contributed by atoms with E-state index in [1.54, 1.807) is 12.1 Å². The van der Waals surface area contributed by atoms with Crippen LogP contribution in [-0.4, -0.2) is 45.9 Å². The molecule has 1 aromatic carbocycles. The maximum absolute atomic E-state index is 11.5. The zero-order valence-corrected chi connectivity index (χ0v) is 10.1. The number of aromatic hydroxyl groups is 1. The molecule has 2 unspecified atom stereocenters. The third-order valence-electron chi connectivity index (χ3n) is 2.48. The van der Waals surface area contributed by atoms with Gasteiger partial charge in [0.1, 0.15) is 17.9 Å². The molecular weight excluding hydrogens is 252 g/mol. The highest BCUT2D eigenvalue weighted by atomic mass is 16.4. The fraction of sp³-hybridized carbons (Fsp3) is 0.333. The Balaban J connectivity index is 2.44. The third-order valence-corrected chi connectivity index (χ3v) is 2.48. The lowest BCUT2D eigenvalue weighted by molar-refractivity contribution is -0.138. The first-order valence-electron chi connectivity index (χ1n) is 5.62. The Hall–Kier alpha value is -2.12. The van der Waals surface area contributed by atoms with Crippen molar-refractivity contribution in [1.29, 1.82) is 0 Å². The second kappa shape index (κ2) is 6.72. The van der Waals surface area contributed by atoms with Crippen molar-refractivity contribution in [3.8, 4) is 5.75 Å². The molecule has 0 aromatic heterocycles. The highest BCUT2D eigenvalue weighted by molar-refractivity contribution is 5.82. The number of amides is 1. The van der Waals surface area contributed by atoms with Gasteiger partial charge >= 0.3 is 5.97 Å². The molecular formula is C12H16N2O5. The first-order valence-corrected chi connectivity index (χ1v) is 5.62. The highest BCUT2D eigenvalue weighted by Gasteiger charge is 2.18. The molecule has 104 valence electrons. The van der Waals surface area contributed by atoms with Gasteiger partial charge in [-0.2, -0.15) is 0 Å². The van der Waals surface area contributed by atoms with E-state index in [2.05, 4.69) is 5.32 Å². The van der Waals surface area contributed by atoms with Crippen LogP contribution < -0.4 is 11.1 Å². The molecule has 0 radical (unpaired) electrons. The lowest BCUT2D eigenvalue weighted by atomic mass is 10.1. The number of nitrogens with two attached hydrogens (primary N) is 1. The molecule has 0 spiro atoms. The zero-order valence-electron chi connectivity index (χ0n) is 10.1. The lowest BCUT2D eigenvalue weighted by Crippen LogP contribution is -2.45. The quantitative estimate of drug-likeness (QED) is 0.441. The number of aliphatic hydroxyl groups is 1. The smallest absolute Gasteiger partial charge is 0.322 e. The van der Waals surface area contributed by atoms with Gasteiger partial charge in [-0.15, -0.1) is 0 Å². The summed E-state index contributed by atoms with van der Waals surface area (Å²) in [5.74, 6) is -1.83. The van der Waals surface area contributed by atoms with Gasteiger partial charge in [0.25, 0.3) is 0 Å². The van der Waals surface area contributed by atoms with E-state index < -0.39 is 24.0 Å². The molecule has 2 atom stereocenters. The number of nitrogens with one attached hydrogen (secondary N) is 1. The molecule has 0 fully saturated rings. The summed E-state index contributed by atoms with van der Waals surface area (Å²) in [7, 11) is 0. The van der Waals surface area contributed by atoms with Crippen molar-refractivity contribution in [1.82, 2.24) is 5.32 Å². The maximum atomic E-state index is 11.5. The van der Waals surface area contributed by atoms with Crippen LogP contribution in [0, 0.1) is 0 Å². The van der Waals surface area contributed by atoms with Gasteiger partial charge in [-0.25, -0.2) is 0 Å². The first-order chi connectivity index (χ1) is 8.90. The monoisotopic (exact) mass is 268 g/mol. The number of carbonyl (C=O) groups is 2. The first kappa shape index (κ1) is 14.9. The molecule has 0 bridgehead atoms. The van der Waals surface area contributed by atoms with E-state index in [1.807, 2.05) is 0 Å². The lowest BCUT2D eigenvalue weighted by Gasteiger charge is -2.13. The summed E-state index contributed by atoms with van der Waals surface area (Å²) in [5, 5.41) is 29.5. The fourth-order valence-corrected chi connectivity index (χ4v) is 1.36. The van der Waals surface area contributed by atoms with Gasteiger partial charge in [0.15, 0.2) is 0 Å². The second-order valence-corrected chi connectivity index (χ2v) is 4.08. The molecule has 1 amide bonds. The second-order valence-electron chi connectivity index (χ2n) is 4.08. The summed E-state index contributed by atoms with van der Waals surface area (Å²) in [6.45, 7) is -0.249. The normalized spacial score (nSPS) is 13.6. The molecule has 19 heavy (non-hydrogen) atoms. The minimum atomic E-state index is -1.30. The topological polar surface area (TPSA) is 133 Å². The summed E-state index contributed by atoms with van der Waals surface area (Å²) in [4.78, 5) is 21.9. The molecule has 0 aliphatic rings. The molecule has 0 aliphatic heterocycles. The molecule has 1 aromatic rings. The van der Waals surface area contributed by atoms with Gasteiger partial charge in [0.05, 0.1) is 0 Å². The molecule has 6 N–H and O–H groups in total. The number of carboxylic acid groups (broad SMARTS) is 1. The van der Waals surface area contributed by atoms with Crippen molar-refractivity contribution in [2.75, 3.05) is 6.54 Å². The van der Waals surface area contributed by atoms with Gasteiger partial charge in [0, 0.05) is 13.0 Å². The van der Waals surface area contributed by atoms with E-state index >= 15 is 0 Å². The summed E-state index contributed by atoms with van der Waals surface area (Å²) in [5.41, 5.74) is 5.88. The molecule has 0 heterocycles. The zero-order chi connectivity index (χ0) is 14.4.